The molecule has 2 unspecified atom stereocenters. The number of aryl methyl sites for hydroxylation is 1. The van der Waals surface area contributed by atoms with Crippen molar-refractivity contribution in [3.8, 4) is 28.3 Å². The summed E-state index contributed by atoms with van der Waals surface area (Å²) in [5.41, 5.74) is 6.49. The number of carbonyl (C=O) groups excluding carboxylic acids is 3. The fourth-order valence-electron chi connectivity index (χ4n) is 5.76. The number of carbonyl (C=O) groups is 2. The molecule has 2 aliphatic rings. The number of nitrogens with zero attached hydrogens (tertiary/aromatic N) is 3. The van der Waals surface area contributed by atoms with Crippen LogP contribution in [0.2, 0.25) is 5.02 Å². The number of ether oxygens (including phenoxy) is 1. The first kappa shape index (κ1) is 30.0. The predicted molar refractivity (Wildman–Crippen MR) is 165 cm³/mol. The number of β-amino-alcohol motifs (C(OH)–C–C–N with tert-alkyl or cyclic N) is 1. The van der Waals surface area contributed by atoms with Gasteiger partial charge in [-0.3, -0.25) is 14.5 Å². The molecule has 2 atom stereocenters. The molecule has 0 saturated heterocycles. The Hall–Kier alpha value is -4.43. The molecule has 3 aromatic rings. The van der Waals surface area contributed by atoms with E-state index in [-0.39, 0.29) is 17.9 Å². The molecule has 1 aliphatic carbocycles. The first-order chi connectivity index (χ1) is 20.5. The molecule has 0 bridgehead atoms. The Kier molecular flexibility index (Phi) is 8.42. The molecule has 222 valence electrons. The molecule has 2 amide bonds. The maximum Gasteiger partial charge on any atom is 0.266 e. The molecule has 43 heavy (non-hydrogen) atoms. The monoisotopic (exact) mass is 600 g/mol. The molecule has 0 radical (unpaired) electrons. The average molecular weight is 601 g/mol. The van der Waals surface area contributed by atoms with E-state index in [0.29, 0.717) is 22.5 Å². The second kappa shape index (κ2) is 12.1. The number of aromatic nitrogens is 1. The van der Waals surface area contributed by atoms with Crippen LogP contribution in [0.3, 0.4) is 0 Å². The van der Waals surface area contributed by atoms with Crippen LogP contribution in [-0.4, -0.2) is 64.5 Å². The van der Waals surface area contributed by atoms with Crippen LogP contribution in [0.5, 0.6) is 5.88 Å². The predicted octanol–water partition coefficient (Wildman–Crippen LogP) is 5.09. The number of halogens is 1. The van der Waals surface area contributed by atoms with Crippen molar-refractivity contribution in [2.45, 2.75) is 45.6 Å². The Balaban J connectivity index is 1.49. The van der Waals surface area contributed by atoms with Crippen molar-refractivity contribution in [3.63, 3.8) is 0 Å². The number of rotatable bonds is 7. The van der Waals surface area contributed by atoms with E-state index in [9.17, 15) is 19.5 Å². The second-order valence-corrected chi connectivity index (χ2v) is 11.3. The summed E-state index contributed by atoms with van der Waals surface area (Å²) in [6.07, 6.45) is 2.46. The smallest absolute Gasteiger partial charge is 0.266 e. The molecule has 1 aromatic heterocycles. The van der Waals surface area contributed by atoms with Gasteiger partial charge < -0.3 is 20.1 Å². The topological polar surface area (TPSA) is 112 Å². The summed E-state index contributed by atoms with van der Waals surface area (Å²) in [5, 5.41) is 13.2. The Morgan fingerprint density at radius 1 is 1.23 bits per heavy atom. The van der Waals surface area contributed by atoms with Gasteiger partial charge >= 0.3 is 0 Å². The zero-order valence-corrected chi connectivity index (χ0v) is 25.5. The van der Waals surface area contributed by atoms with E-state index in [4.69, 9.17) is 21.3 Å². The van der Waals surface area contributed by atoms with Crippen LogP contribution in [0.25, 0.3) is 22.4 Å². The highest BCUT2D eigenvalue weighted by atomic mass is 35.5. The van der Waals surface area contributed by atoms with Crippen LogP contribution in [0.4, 0.5) is 5.69 Å². The number of likely N-dealkylation sites (N-methyl/N-ethyl adjacent to an activating group) is 1. The summed E-state index contributed by atoms with van der Waals surface area (Å²) >= 11 is 7.04. The zero-order valence-electron chi connectivity index (χ0n) is 24.7. The highest BCUT2D eigenvalue weighted by Gasteiger charge is 2.33. The van der Waals surface area contributed by atoms with Gasteiger partial charge in [0.15, 0.2) is 5.94 Å². The molecule has 2 aromatic carbocycles. The lowest BCUT2D eigenvalue weighted by Gasteiger charge is -2.33. The molecular weight excluding hydrogens is 568 g/mol. The third-order valence-corrected chi connectivity index (χ3v) is 8.40. The minimum atomic E-state index is -0.818. The molecule has 10 heteroatoms. The van der Waals surface area contributed by atoms with E-state index < -0.39 is 17.9 Å². The number of methoxy groups -OCH3 is 1. The number of aliphatic hydroxyl groups is 1. The van der Waals surface area contributed by atoms with E-state index in [0.717, 1.165) is 51.3 Å². The van der Waals surface area contributed by atoms with Gasteiger partial charge in [-0.15, -0.1) is 0 Å². The van der Waals surface area contributed by atoms with Gasteiger partial charge in [-0.1, -0.05) is 48.9 Å². The summed E-state index contributed by atoms with van der Waals surface area (Å²) < 4.78 is 5.66. The molecule has 5 rings (SSSR count). The second-order valence-electron chi connectivity index (χ2n) is 11.0. The van der Waals surface area contributed by atoms with Crippen LogP contribution >= 0.6 is 11.6 Å². The zero-order chi connectivity index (χ0) is 31.0. The summed E-state index contributed by atoms with van der Waals surface area (Å²) in [5.74, 6) is 1.33. The van der Waals surface area contributed by atoms with Crippen molar-refractivity contribution < 1.29 is 24.2 Å². The molecule has 2 N–H and O–H groups in total. The van der Waals surface area contributed by atoms with E-state index in [1.807, 2.05) is 31.2 Å². The third kappa shape index (κ3) is 5.55. The van der Waals surface area contributed by atoms with E-state index in [1.54, 1.807) is 32.1 Å². The Morgan fingerprint density at radius 2 is 1.93 bits per heavy atom. The lowest BCUT2D eigenvalue weighted by Crippen LogP contribution is -2.45. The minimum Gasteiger partial charge on any atom is -0.481 e. The molecule has 9 nitrogen and oxygen atoms in total. The highest BCUT2D eigenvalue weighted by molar-refractivity contribution is 6.36. The van der Waals surface area contributed by atoms with Crippen LogP contribution < -0.4 is 10.1 Å². The quantitative estimate of drug-likeness (QED) is 0.287. The first-order valence-electron chi connectivity index (χ1n) is 14.0. The summed E-state index contributed by atoms with van der Waals surface area (Å²) in [6.45, 7) is 5.59. The van der Waals surface area contributed by atoms with Gasteiger partial charge in [-0.25, -0.2) is 9.78 Å². The number of nitrogens with one attached hydrogen (secondary N) is 1. The van der Waals surface area contributed by atoms with Gasteiger partial charge in [-0.05, 0) is 61.4 Å². The van der Waals surface area contributed by atoms with E-state index in [2.05, 4.69) is 18.3 Å². The standard InChI is InChI=1S/C33H33ClN4O5/c1-18-12-13-21-14-27(36-32(43-5)29(18)21)24-10-6-9-23(30(24)34)22-8-7-11-26(20(22)3)35-31(41)25-16-38(15-19(2)40)28(17-39)37(4)33(25)42/h6-11,14,16,18-19,40H,12-13,15H2,1-5H3,(H,35,41). The number of hydrogen-bond donors (Lipinski definition) is 2. The number of fused-ring (bicyclic) bond motifs is 1. The van der Waals surface area contributed by atoms with Gasteiger partial charge in [0, 0.05) is 35.6 Å². The Labute approximate surface area is 255 Å². The lowest BCUT2D eigenvalue weighted by molar-refractivity contribution is -0.128. The first-order valence-corrected chi connectivity index (χ1v) is 14.4. The van der Waals surface area contributed by atoms with Crippen molar-refractivity contribution in [2.75, 3.05) is 26.0 Å². The lowest BCUT2D eigenvalue weighted by atomic mass is 9.95. The fraction of sp³-hybridized carbons (Fsp3) is 0.303. The number of pyridine rings is 1. The van der Waals surface area contributed by atoms with E-state index >= 15 is 0 Å². The van der Waals surface area contributed by atoms with Gasteiger partial charge in [0.05, 0.1) is 30.5 Å². The fourth-order valence-corrected chi connectivity index (χ4v) is 6.09. The number of benzene rings is 2. The number of aliphatic hydroxyl groups excluding tert-OH is 1. The summed E-state index contributed by atoms with van der Waals surface area (Å²) in [7, 11) is 3.01. The van der Waals surface area contributed by atoms with Crippen LogP contribution in [0.1, 0.15) is 42.9 Å². The maximum absolute atomic E-state index is 13.4. The number of anilines is 1. The van der Waals surface area contributed by atoms with Gasteiger partial charge in [-0.2, -0.15) is 0 Å². The average Bonchev–Trinajstić information content (AvgIpc) is 3.36. The number of amides is 2. The number of hydrogen-bond acceptors (Lipinski definition) is 7. The van der Waals surface area contributed by atoms with Crippen LogP contribution in [-0.2, 0) is 20.8 Å². The van der Waals surface area contributed by atoms with Crippen molar-refractivity contribution in [3.05, 3.63) is 81.8 Å². The SMILES string of the molecule is COc1nc(-c2cccc(-c3cccc(NC(=O)C4=CN(CC(C)O)C(=C=O)N(C)C4=O)c3C)c2Cl)cc2c1C(C)CC2. The summed E-state index contributed by atoms with van der Waals surface area (Å²) in [6, 6.07) is 13.3. The Morgan fingerprint density at radius 3 is 2.63 bits per heavy atom. The van der Waals surface area contributed by atoms with Crippen LogP contribution in [0.15, 0.2) is 60.1 Å². The molecule has 0 spiro atoms. The van der Waals surface area contributed by atoms with Gasteiger partial charge in [0.2, 0.25) is 11.7 Å². The van der Waals surface area contributed by atoms with Gasteiger partial charge in [0.1, 0.15) is 5.57 Å². The molecule has 1 aliphatic heterocycles. The van der Waals surface area contributed by atoms with Crippen molar-refractivity contribution >= 4 is 35.0 Å². The van der Waals surface area contributed by atoms with Crippen molar-refractivity contribution in [2.24, 2.45) is 0 Å². The highest BCUT2D eigenvalue weighted by Crippen LogP contribution is 2.43. The maximum atomic E-state index is 13.4. The normalized spacial score (nSPS) is 16.9. The Bertz CT molecular complexity index is 1710. The van der Waals surface area contributed by atoms with Crippen molar-refractivity contribution in [1.82, 2.24) is 14.8 Å². The summed E-state index contributed by atoms with van der Waals surface area (Å²) in [4.78, 5) is 45.0. The largest absolute Gasteiger partial charge is 0.481 e. The molecular formula is C33H33ClN4O5. The van der Waals surface area contributed by atoms with Crippen LogP contribution in [0, 0.1) is 6.92 Å². The molecule has 0 saturated carbocycles. The molecule has 2 heterocycles. The van der Waals surface area contributed by atoms with Gasteiger partial charge in [0.25, 0.3) is 11.8 Å². The minimum absolute atomic E-state index is 0.00625. The van der Waals surface area contributed by atoms with Crippen molar-refractivity contribution in [1.29, 1.82) is 0 Å². The third-order valence-electron chi connectivity index (χ3n) is 8.00. The molecule has 0 fully saturated rings. The van der Waals surface area contributed by atoms with E-state index in [1.165, 1.54) is 23.7 Å².